The van der Waals surface area contributed by atoms with Crippen molar-refractivity contribution in [3.63, 3.8) is 0 Å². The van der Waals surface area contributed by atoms with Crippen LogP contribution in [0, 0.1) is 5.92 Å². The van der Waals surface area contributed by atoms with Crippen molar-refractivity contribution < 1.29 is 0 Å². The Hall–Kier alpha value is -4.21. The van der Waals surface area contributed by atoms with Gasteiger partial charge >= 0.3 is 0 Å². The molecule has 3 atom stereocenters. The van der Waals surface area contributed by atoms with E-state index in [9.17, 15) is 4.79 Å². The van der Waals surface area contributed by atoms with E-state index in [2.05, 4.69) is 33.6 Å². The average Bonchev–Trinajstić information content (AvgIpc) is 3.24. The molecule has 2 aromatic carbocycles. The van der Waals surface area contributed by atoms with E-state index in [-0.39, 0.29) is 16.8 Å². The van der Waals surface area contributed by atoms with Crippen molar-refractivity contribution in [3.05, 3.63) is 92.7 Å². The topological polar surface area (TPSA) is 109 Å². The molecule has 40 heavy (non-hydrogen) atoms. The number of fused-ring (bicyclic) bond motifs is 4. The van der Waals surface area contributed by atoms with Crippen LogP contribution < -0.4 is 11.3 Å². The number of aliphatic imine (C=N–C) groups is 1. The van der Waals surface area contributed by atoms with Gasteiger partial charge in [-0.25, -0.2) is 4.68 Å². The number of nitrogens with two attached hydrogens (primary N) is 1. The van der Waals surface area contributed by atoms with Crippen molar-refractivity contribution in [2.45, 2.75) is 24.8 Å². The number of aryl methyl sites for hydroxylation is 1. The van der Waals surface area contributed by atoms with E-state index in [1.807, 2.05) is 36.0 Å². The minimum atomic E-state index is -0.0461. The highest BCUT2D eigenvalue weighted by Gasteiger charge is 2.54. The molecule has 1 aliphatic carbocycles. The smallest absolute Gasteiger partial charge is 0.251 e. The molecular formula is C29H22Cl2N8O. The number of anilines is 1. The van der Waals surface area contributed by atoms with E-state index in [0.29, 0.717) is 29.1 Å². The molecule has 0 amide bonds. The van der Waals surface area contributed by atoms with Crippen molar-refractivity contribution in [2.75, 3.05) is 5.73 Å². The summed E-state index contributed by atoms with van der Waals surface area (Å²) in [7, 11) is 1.89. The van der Waals surface area contributed by atoms with E-state index >= 15 is 0 Å². The lowest BCUT2D eigenvalue weighted by molar-refractivity contribution is 0.584. The van der Waals surface area contributed by atoms with Crippen LogP contribution in [0.5, 0.6) is 0 Å². The molecule has 0 unspecified atom stereocenters. The number of nitrogen functional groups attached to an aromatic ring is 1. The Labute approximate surface area is 238 Å². The molecule has 1 fully saturated rings. The number of halogens is 2. The van der Waals surface area contributed by atoms with Gasteiger partial charge in [-0.15, -0.1) is 5.10 Å². The zero-order chi connectivity index (χ0) is 27.3. The molecule has 9 nitrogen and oxygen atoms in total. The number of benzene rings is 2. The lowest BCUT2D eigenvalue weighted by Gasteiger charge is -2.20. The first kappa shape index (κ1) is 23.7. The molecule has 2 aliphatic heterocycles. The van der Waals surface area contributed by atoms with Gasteiger partial charge in [0.15, 0.2) is 11.0 Å². The van der Waals surface area contributed by atoms with Crippen LogP contribution >= 0.6 is 23.2 Å². The molecule has 5 heterocycles. The second-order valence-corrected chi connectivity index (χ2v) is 11.5. The van der Waals surface area contributed by atoms with E-state index in [0.717, 1.165) is 56.7 Å². The molecule has 198 valence electrons. The van der Waals surface area contributed by atoms with Gasteiger partial charge in [0.1, 0.15) is 0 Å². The van der Waals surface area contributed by atoms with Crippen LogP contribution in [-0.4, -0.2) is 35.1 Å². The molecule has 3 aromatic heterocycles. The molecule has 8 rings (SSSR count). The Morgan fingerprint density at radius 3 is 2.75 bits per heavy atom. The van der Waals surface area contributed by atoms with E-state index < -0.39 is 0 Å². The number of hydrogen-bond acceptors (Lipinski definition) is 6. The summed E-state index contributed by atoms with van der Waals surface area (Å²) >= 11 is 12.4. The normalized spacial score (nSPS) is 20.9. The third kappa shape index (κ3) is 3.51. The molecular weight excluding hydrogens is 547 g/mol. The van der Waals surface area contributed by atoms with Gasteiger partial charge in [-0.1, -0.05) is 34.5 Å². The molecule has 0 radical (unpaired) electrons. The Balaban J connectivity index is 1.14. The van der Waals surface area contributed by atoms with E-state index in [4.69, 9.17) is 33.9 Å². The summed E-state index contributed by atoms with van der Waals surface area (Å²) < 4.78 is 5.34. The SMILES string of the molecule is Cn1nc(N)c2ccc(C3=CN=C([C@@H]4[C@H]5C[C@H]5c5cc(-c6cc(Cl)ccc6-n6cc(Cl)nn6)cc(=O)n54)C3)cc21. The maximum Gasteiger partial charge on any atom is 0.251 e. The summed E-state index contributed by atoms with van der Waals surface area (Å²) in [5, 5.41) is 14.1. The fourth-order valence-electron chi connectivity index (χ4n) is 6.42. The summed E-state index contributed by atoms with van der Waals surface area (Å²) in [6.07, 6.45) is 5.31. The van der Waals surface area contributed by atoms with Crippen molar-refractivity contribution in [1.82, 2.24) is 29.3 Å². The predicted molar refractivity (Wildman–Crippen MR) is 156 cm³/mol. The number of nitrogens with zero attached hydrogens (tertiary/aromatic N) is 7. The predicted octanol–water partition coefficient (Wildman–Crippen LogP) is 5.42. The molecule has 5 aromatic rings. The van der Waals surface area contributed by atoms with Gasteiger partial charge in [-0.3, -0.25) is 14.5 Å². The Morgan fingerprint density at radius 2 is 1.93 bits per heavy atom. The van der Waals surface area contributed by atoms with Crippen LogP contribution in [0.2, 0.25) is 10.2 Å². The molecule has 0 saturated heterocycles. The lowest BCUT2D eigenvalue weighted by atomic mass is 9.97. The largest absolute Gasteiger partial charge is 0.382 e. The van der Waals surface area contributed by atoms with Gasteiger partial charge in [-0.05, 0) is 65.4 Å². The molecule has 11 heteroatoms. The summed E-state index contributed by atoms with van der Waals surface area (Å²) in [5.74, 6) is 1.24. The molecule has 0 bridgehead atoms. The quantitative estimate of drug-likeness (QED) is 0.311. The van der Waals surface area contributed by atoms with Crippen molar-refractivity contribution in [2.24, 2.45) is 18.0 Å². The first-order chi connectivity index (χ1) is 19.4. The minimum Gasteiger partial charge on any atom is -0.382 e. The van der Waals surface area contributed by atoms with Crippen LogP contribution in [0.4, 0.5) is 5.82 Å². The van der Waals surface area contributed by atoms with Crippen LogP contribution in [0.15, 0.2) is 70.7 Å². The minimum absolute atomic E-state index is 0.0423. The highest BCUT2D eigenvalue weighted by Crippen LogP contribution is 2.60. The Kier molecular flexibility index (Phi) is 4.96. The van der Waals surface area contributed by atoms with Crippen LogP contribution in [0.1, 0.15) is 36.1 Å². The zero-order valence-electron chi connectivity index (χ0n) is 21.3. The summed E-state index contributed by atoms with van der Waals surface area (Å²) in [4.78, 5) is 18.5. The third-order valence-electron chi connectivity index (χ3n) is 8.33. The lowest BCUT2D eigenvalue weighted by Crippen LogP contribution is -2.29. The number of pyridine rings is 1. The summed E-state index contributed by atoms with van der Waals surface area (Å²) in [6, 6.07) is 15.4. The number of rotatable bonds is 4. The number of allylic oxidation sites excluding steroid dienone is 1. The molecule has 3 aliphatic rings. The second-order valence-electron chi connectivity index (χ2n) is 10.7. The van der Waals surface area contributed by atoms with E-state index in [1.165, 1.54) is 0 Å². The monoisotopic (exact) mass is 568 g/mol. The van der Waals surface area contributed by atoms with Gasteiger partial charge in [0.25, 0.3) is 5.56 Å². The Morgan fingerprint density at radius 1 is 1.05 bits per heavy atom. The van der Waals surface area contributed by atoms with Crippen LogP contribution in [-0.2, 0) is 7.05 Å². The Bertz CT molecular complexity index is 2020. The molecule has 1 saturated carbocycles. The molecule has 2 N–H and O–H groups in total. The second kappa shape index (κ2) is 8.39. The van der Waals surface area contributed by atoms with Gasteiger partial charge in [0.05, 0.1) is 23.4 Å². The highest BCUT2D eigenvalue weighted by atomic mass is 35.5. The maximum absolute atomic E-state index is 13.7. The van der Waals surface area contributed by atoms with Gasteiger partial charge in [0.2, 0.25) is 0 Å². The van der Waals surface area contributed by atoms with Gasteiger partial charge in [0, 0.05) is 59.0 Å². The fraction of sp³-hybridized carbons (Fsp3) is 0.207. The first-order valence-corrected chi connectivity index (χ1v) is 13.7. The number of aromatic nitrogens is 6. The van der Waals surface area contributed by atoms with Crippen molar-refractivity contribution in [1.29, 1.82) is 0 Å². The zero-order valence-corrected chi connectivity index (χ0v) is 22.8. The summed E-state index contributed by atoms with van der Waals surface area (Å²) in [5.41, 5.74) is 13.6. The van der Waals surface area contributed by atoms with Crippen molar-refractivity contribution >= 4 is 51.2 Å². The van der Waals surface area contributed by atoms with Crippen LogP contribution in [0.3, 0.4) is 0 Å². The number of hydrogen-bond donors (Lipinski definition) is 1. The third-order valence-corrected chi connectivity index (χ3v) is 8.74. The summed E-state index contributed by atoms with van der Waals surface area (Å²) in [6.45, 7) is 0. The average molecular weight is 569 g/mol. The van der Waals surface area contributed by atoms with Crippen LogP contribution in [0.25, 0.3) is 33.3 Å². The first-order valence-electron chi connectivity index (χ1n) is 13.0. The maximum atomic E-state index is 13.7. The molecule has 0 spiro atoms. The van der Waals surface area contributed by atoms with E-state index in [1.54, 1.807) is 27.7 Å². The van der Waals surface area contributed by atoms with Gasteiger partial charge < -0.3 is 10.3 Å². The fourth-order valence-corrected chi connectivity index (χ4v) is 6.72. The van der Waals surface area contributed by atoms with Gasteiger partial charge in [-0.2, -0.15) is 5.10 Å². The van der Waals surface area contributed by atoms with Crippen molar-refractivity contribution in [3.8, 4) is 16.8 Å². The standard InChI is InChI=1S/C29H22Cl2N8O/c1-37-24-7-14(2-4-18(24)29(32)35-37)16-6-22(33-12-16)28-21-11-20(21)25-8-15(9-27(40)39(25)28)19-10-17(30)3-5-23(19)38-13-26(31)34-36-38/h2-5,7-10,12-13,20-21,28H,6,11H2,1H3,(H2,32,35)/t20-,21+,28+/m1/s1. The highest BCUT2D eigenvalue weighted by molar-refractivity contribution is 6.31.